The van der Waals surface area contributed by atoms with Crippen LogP contribution in [0.25, 0.3) is 6.08 Å². The van der Waals surface area contributed by atoms with Gasteiger partial charge in [0.25, 0.3) is 0 Å². The van der Waals surface area contributed by atoms with E-state index >= 15 is 0 Å². The lowest BCUT2D eigenvalue weighted by Gasteiger charge is -2.08. The standard InChI is InChI=1S/C20H23NO4/c1-4-25-17-7-5-6-16(12-17)14-21-20(22)11-9-15-8-10-18(23-2)19(13-15)24-3/h5-13H,4,14H2,1-3H3,(H,21,22)/b11-9+. The number of carbonyl (C=O) groups excluding carboxylic acids is 1. The van der Waals surface area contributed by atoms with E-state index in [9.17, 15) is 4.79 Å². The summed E-state index contributed by atoms with van der Waals surface area (Å²) in [5.74, 6) is 1.91. The molecule has 2 aromatic rings. The molecular weight excluding hydrogens is 318 g/mol. The van der Waals surface area contributed by atoms with E-state index in [2.05, 4.69) is 5.32 Å². The van der Waals surface area contributed by atoms with Crippen LogP contribution in [0.3, 0.4) is 0 Å². The van der Waals surface area contributed by atoms with E-state index in [1.54, 1.807) is 26.4 Å². The monoisotopic (exact) mass is 341 g/mol. The summed E-state index contributed by atoms with van der Waals surface area (Å²) >= 11 is 0. The Balaban J connectivity index is 1.93. The molecule has 0 heterocycles. The fourth-order valence-electron chi connectivity index (χ4n) is 2.29. The van der Waals surface area contributed by atoms with Crippen molar-refractivity contribution in [3.05, 3.63) is 59.7 Å². The largest absolute Gasteiger partial charge is 0.494 e. The van der Waals surface area contributed by atoms with Gasteiger partial charge in [-0.2, -0.15) is 0 Å². The zero-order chi connectivity index (χ0) is 18.1. The van der Waals surface area contributed by atoms with Crippen LogP contribution in [0, 0.1) is 0 Å². The van der Waals surface area contributed by atoms with E-state index in [4.69, 9.17) is 14.2 Å². The van der Waals surface area contributed by atoms with Gasteiger partial charge in [0.1, 0.15) is 5.75 Å². The van der Waals surface area contributed by atoms with Crippen LogP contribution in [0.4, 0.5) is 0 Å². The smallest absolute Gasteiger partial charge is 0.244 e. The maximum atomic E-state index is 12.0. The van der Waals surface area contributed by atoms with E-state index in [1.807, 2.05) is 43.3 Å². The van der Waals surface area contributed by atoms with Crippen LogP contribution in [0.2, 0.25) is 0 Å². The Kier molecular flexibility index (Phi) is 6.89. The number of hydrogen-bond donors (Lipinski definition) is 1. The van der Waals surface area contributed by atoms with Crippen LogP contribution in [0.15, 0.2) is 48.5 Å². The predicted molar refractivity (Wildman–Crippen MR) is 98.0 cm³/mol. The Morgan fingerprint density at radius 2 is 1.88 bits per heavy atom. The van der Waals surface area contributed by atoms with Crippen LogP contribution in [-0.4, -0.2) is 26.7 Å². The summed E-state index contributed by atoms with van der Waals surface area (Å²) in [6, 6.07) is 13.1. The van der Waals surface area contributed by atoms with Gasteiger partial charge in [-0.1, -0.05) is 18.2 Å². The number of nitrogens with one attached hydrogen (secondary N) is 1. The molecule has 0 aliphatic carbocycles. The van der Waals surface area contributed by atoms with Crippen molar-refractivity contribution in [1.82, 2.24) is 5.32 Å². The molecule has 0 unspecified atom stereocenters. The first-order valence-corrected chi connectivity index (χ1v) is 8.06. The first kappa shape index (κ1) is 18.4. The van der Waals surface area contributed by atoms with Crippen LogP contribution in [0.5, 0.6) is 17.2 Å². The second kappa shape index (κ2) is 9.37. The van der Waals surface area contributed by atoms with E-state index < -0.39 is 0 Å². The first-order valence-electron chi connectivity index (χ1n) is 8.06. The third-order valence-corrected chi connectivity index (χ3v) is 3.51. The number of carbonyl (C=O) groups is 1. The molecule has 1 N–H and O–H groups in total. The number of methoxy groups -OCH3 is 2. The molecule has 0 saturated heterocycles. The quantitative estimate of drug-likeness (QED) is 0.748. The molecule has 0 spiro atoms. The minimum absolute atomic E-state index is 0.170. The van der Waals surface area contributed by atoms with Crippen molar-refractivity contribution in [2.75, 3.05) is 20.8 Å². The zero-order valence-corrected chi connectivity index (χ0v) is 14.7. The lowest BCUT2D eigenvalue weighted by Crippen LogP contribution is -2.20. The van der Waals surface area contributed by atoms with E-state index in [0.29, 0.717) is 24.7 Å². The molecule has 5 nitrogen and oxygen atoms in total. The maximum absolute atomic E-state index is 12.0. The summed E-state index contributed by atoms with van der Waals surface area (Å²) < 4.78 is 15.9. The van der Waals surface area contributed by atoms with Gasteiger partial charge in [-0.05, 0) is 48.4 Å². The molecule has 0 atom stereocenters. The first-order chi connectivity index (χ1) is 12.2. The Bertz CT molecular complexity index is 740. The Hall–Kier alpha value is -2.95. The number of ether oxygens (including phenoxy) is 3. The summed E-state index contributed by atoms with van der Waals surface area (Å²) in [5, 5.41) is 2.85. The highest BCUT2D eigenvalue weighted by atomic mass is 16.5. The minimum Gasteiger partial charge on any atom is -0.494 e. The average Bonchev–Trinajstić information content (AvgIpc) is 2.65. The number of benzene rings is 2. The maximum Gasteiger partial charge on any atom is 0.244 e. The molecule has 0 fully saturated rings. The van der Waals surface area contributed by atoms with Gasteiger partial charge in [-0.15, -0.1) is 0 Å². The third kappa shape index (κ3) is 5.57. The Morgan fingerprint density at radius 1 is 1.08 bits per heavy atom. The lowest BCUT2D eigenvalue weighted by atomic mass is 10.2. The van der Waals surface area contributed by atoms with Crippen molar-refractivity contribution < 1.29 is 19.0 Å². The van der Waals surface area contributed by atoms with Crippen molar-refractivity contribution in [2.24, 2.45) is 0 Å². The van der Waals surface area contributed by atoms with Gasteiger partial charge < -0.3 is 19.5 Å². The van der Waals surface area contributed by atoms with Crippen molar-refractivity contribution in [2.45, 2.75) is 13.5 Å². The molecule has 2 rings (SSSR count). The second-order valence-corrected chi connectivity index (χ2v) is 5.25. The number of rotatable bonds is 8. The van der Waals surface area contributed by atoms with E-state index in [1.165, 1.54) is 6.08 Å². The normalized spacial score (nSPS) is 10.5. The summed E-state index contributed by atoms with van der Waals surface area (Å²) in [6.07, 6.45) is 3.22. The fourth-order valence-corrected chi connectivity index (χ4v) is 2.29. The lowest BCUT2D eigenvalue weighted by molar-refractivity contribution is -0.116. The van der Waals surface area contributed by atoms with Crippen molar-refractivity contribution in [1.29, 1.82) is 0 Å². The van der Waals surface area contributed by atoms with Crippen molar-refractivity contribution >= 4 is 12.0 Å². The minimum atomic E-state index is -0.170. The van der Waals surface area contributed by atoms with Crippen LogP contribution >= 0.6 is 0 Å². The summed E-state index contributed by atoms with van der Waals surface area (Å²) in [7, 11) is 3.16. The van der Waals surface area contributed by atoms with E-state index in [0.717, 1.165) is 16.9 Å². The fraction of sp³-hybridized carbons (Fsp3) is 0.250. The highest BCUT2D eigenvalue weighted by Gasteiger charge is 2.03. The Labute approximate surface area is 148 Å². The van der Waals surface area contributed by atoms with Gasteiger partial charge in [0.15, 0.2) is 11.5 Å². The molecule has 132 valence electrons. The molecule has 0 saturated carbocycles. The highest BCUT2D eigenvalue weighted by Crippen LogP contribution is 2.27. The molecule has 0 aromatic heterocycles. The topological polar surface area (TPSA) is 56.8 Å². The number of hydrogen-bond acceptors (Lipinski definition) is 4. The SMILES string of the molecule is CCOc1cccc(CNC(=O)/C=C/c2ccc(OC)c(OC)c2)c1. The molecule has 0 aliphatic rings. The van der Waals surface area contributed by atoms with Crippen molar-refractivity contribution in [3.63, 3.8) is 0 Å². The van der Waals surface area contributed by atoms with Crippen LogP contribution in [-0.2, 0) is 11.3 Å². The highest BCUT2D eigenvalue weighted by molar-refractivity contribution is 5.91. The zero-order valence-electron chi connectivity index (χ0n) is 14.7. The summed E-state index contributed by atoms with van der Waals surface area (Å²) in [6.45, 7) is 2.99. The number of amides is 1. The molecule has 2 aromatic carbocycles. The molecule has 25 heavy (non-hydrogen) atoms. The summed E-state index contributed by atoms with van der Waals surface area (Å²) in [5.41, 5.74) is 1.84. The average molecular weight is 341 g/mol. The van der Waals surface area contributed by atoms with Crippen LogP contribution in [0.1, 0.15) is 18.1 Å². The van der Waals surface area contributed by atoms with Crippen molar-refractivity contribution in [3.8, 4) is 17.2 Å². The third-order valence-electron chi connectivity index (χ3n) is 3.51. The van der Waals surface area contributed by atoms with Gasteiger partial charge in [0.05, 0.1) is 20.8 Å². The predicted octanol–water partition coefficient (Wildman–Crippen LogP) is 3.43. The molecule has 0 aliphatic heterocycles. The van der Waals surface area contributed by atoms with Gasteiger partial charge in [-0.25, -0.2) is 0 Å². The van der Waals surface area contributed by atoms with Gasteiger partial charge in [0.2, 0.25) is 5.91 Å². The van der Waals surface area contributed by atoms with E-state index in [-0.39, 0.29) is 5.91 Å². The van der Waals surface area contributed by atoms with Gasteiger partial charge in [-0.3, -0.25) is 4.79 Å². The second-order valence-electron chi connectivity index (χ2n) is 5.25. The van der Waals surface area contributed by atoms with Crippen LogP contribution < -0.4 is 19.5 Å². The Morgan fingerprint density at radius 3 is 2.60 bits per heavy atom. The van der Waals surface area contributed by atoms with Gasteiger partial charge >= 0.3 is 0 Å². The molecule has 5 heteroatoms. The molecule has 1 amide bonds. The molecule has 0 bridgehead atoms. The molecular formula is C20H23NO4. The summed E-state index contributed by atoms with van der Waals surface area (Å²) in [4.78, 5) is 12.0. The molecule has 0 radical (unpaired) electrons. The van der Waals surface area contributed by atoms with Gasteiger partial charge in [0, 0.05) is 12.6 Å².